The summed E-state index contributed by atoms with van der Waals surface area (Å²) in [4.78, 5) is 27.9. The van der Waals surface area contributed by atoms with Gasteiger partial charge in [0.15, 0.2) is 0 Å². The Morgan fingerprint density at radius 1 is 1.03 bits per heavy atom. The maximum Gasteiger partial charge on any atom is 0.244 e. The van der Waals surface area contributed by atoms with Crippen LogP contribution in [0.4, 0.5) is 5.69 Å². The van der Waals surface area contributed by atoms with Crippen molar-refractivity contribution in [2.75, 3.05) is 23.7 Å². The van der Waals surface area contributed by atoms with Crippen LogP contribution in [0.3, 0.4) is 0 Å². The zero-order chi connectivity index (χ0) is 25.5. The van der Waals surface area contributed by atoms with Gasteiger partial charge in [-0.25, -0.2) is 8.42 Å². The molecular formula is C24H31Cl2N3O4S. The summed E-state index contributed by atoms with van der Waals surface area (Å²) in [5.41, 5.74) is 1.18. The van der Waals surface area contributed by atoms with Crippen LogP contribution in [0.2, 0.25) is 10.0 Å². The molecule has 0 aromatic heterocycles. The second kappa shape index (κ2) is 12.4. The van der Waals surface area contributed by atoms with Gasteiger partial charge in [-0.15, -0.1) is 0 Å². The normalized spacial score (nSPS) is 12.3. The van der Waals surface area contributed by atoms with Crippen molar-refractivity contribution in [1.29, 1.82) is 0 Å². The van der Waals surface area contributed by atoms with Crippen LogP contribution in [0.5, 0.6) is 0 Å². The SMILES string of the molecule is CC[C@H](C(=O)NC(C)C)N(CCc1ccccc1)C(=O)CN(c1cc(Cl)cc(Cl)c1)S(C)(=O)=O. The van der Waals surface area contributed by atoms with Crippen LogP contribution in [0.1, 0.15) is 32.8 Å². The summed E-state index contributed by atoms with van der Waals surface area (Å²) in [5.74, 6) is -0.779. The van der Waals surface area contributed by atoms with Crippen LogP contribution in [0.25, 0.3) is 0 Å². The molecule has 2 aromatic carbocycles. The molecule has 0 aliphatic heterocycles. The average molecular weight is 529 g/mol. The minimum Gasteiger partial charge on any atom is -0.352 e. The molecule has 0 spiro atoms. The fourth-order valence-electron chi connectivity index (χ4n) is 3.57. The van der Waals surface area contributed by atoms with Gasteiger partial charge in [0.2, 0.25) is 21.8 Å². The molecule has 186 valence electrons. The first-order chi connectivity index (χ1) is 15.9. The number of sulfonamides is 1. The number of carbonyl (C=O) groups excluding carboxylic acids is 2. The summed E-state index contributed by atoms with van der Waals surface area (Å²) in [7, 11) is -3.85. The average Bonchev–Trinajstić information content (AvgIpc) is 2.73. The second-order valence-electron chi connectivity index (χ2n) is 8.31. The van der Waals surface area contributed by atoms with Crippen molar-refractivity contribution in [3.63, 3.8) is 0 Å². The summed E-state index contributed by atoms with van der Waals surface area (Å²) >= 11 is 12.1. The molecule has 1 N–H and O–H groups in total. The highest BCUT2D eigenvalue weighted by atomic mass is 35.5. The van der Waals surface area contributed by atoms with E-state index in [9.17, 15) is 18.0 Å². The Kier molecular flexibility index (Phi) is 10.2. The van der Waals surface area contributed by atoms with Crippen LogP contribution in [0, 0.1) is 0 Å². The molecule has 0 aliphatic carbocycles. The lowest BCUT2D eigenvalue weighted by Gasteiger charge is -2.33. The first kappa shape index (κ1) is 28.0. The number of amides is 2. The lowest BCUT2D eigenvalue weighted by Crippen LogP contribution is -2.54. The summed E-state index contributed by atoms with van der Waals surface area (Å²) in [6.45, 7) is 5.26. The van der Waals surface area contributed by atoms with Gasteiger partial charge in [-0.05, 0) is 50.5 Å². The summed E-state index contributed by atoms with van der Waals surface area (Å²) < 4.78 is 26.2. The predicted molar refractivity (Wildman–Crippen MR) is 138 cm³/mol. The molecule has 2 aromatic rings. The summed E-state index contributed by atoms with van der Waals surface area (Å²) in [5, 5.41) is 3.34. The highest BCUT2D eigenvalue weighted by Crippen LogP contribution is 2.27. The van der Waals surface area contributed by atoms with Crippen molar-refractivity contribution in [1.82, 2.24) is 10.2 Å². The van der Waals surface area contributed by atoms with Gasteiger partial charge in [0.25, 0.3) is 0 Å². The van der Waals surface area contributed by atoms with E-state index in [0.29, 0.717) is 12.8 Å². The number of nitrogens with one attached hydrogen (secondary N) is 1. The molecule has 1 atom stereocenters. The fourth-order valence-corrected chi connectivity index (χ4v) is 4.92. The van der Waals surface area contributed by atoms with E-state index in [2.05, 4.69) is 5.32 Å². The van der Waals surface area contributed by atoms with E-state index >= 15 is 0 Å². The number of rotatable bonds is 11. The standard InChI is InChI=1S/C24H31Cl2N3O4S/c1-5-22(24(31)27-17(2)3)28(12-11-18-9-7-6-8-10-18)23(30)16-29(34(4,32)33)21-14-19(25)13-20(26)15-21/h6-10,13-15,17,22H,5,11-12,16H2,1-4H3,(H,27,31)/t22-/m1/s1. The monoisotopic (exact) mass is 527 g/mol. The van der Waals surface area contributed by atoms with Gasteiger partial charge in [-0.2, -0.15) is 0 Å². The number of hydrogen-bond acceptors (Lipinski definition) is 4. The van der Waals surface area contributed by atoms with Gasteiger partial charge in [-0.3, -0.25) is 13.9 Å². The molecule has 2 rings (SSSR count). The van der Waals surface area contributed by atoms with Crippen molar-refractivity contribution in [3.05, 3.63) is 64.1 Å². The fraction of sp³-hybridized carbons (Fsp3) is 0.417. The molecule has 34 heavy (non-hydrogen) atoms. The van der Waals surface area contributed by atoms with E-state index in [1.807, 2.05) is 51.1 Å². The number of anilines is 1. The van der Waals surface area contributed by atoms with E-state index in [1.54, 1.807) is 0 Å². The van der Waals surface area contributed by atoms with E-state index in [-0.39, 0.29) is 34.2 Å². The van der Waals surface area contributed by atoms with E-state index < -0.39 is 28.5 Å². The number of carbonyl (C=O) groups is 2. The third-order valence-corrected chi connectivity index (χ3v) is 6.69. The number of halogens is 2. The molecule has 0 radical (unpaired) electrons. The molecule has 0 unspecified atom stereocenters. The van der Waals surface area contributed by atoms with Crippen LogP contribution < -0.4 is 9.62 Å². The third-order valence-electron chi connectivity index (χ3n) is 5.12. The molecule has 10 heteroatoms. The van der Waals surface area contributed by atoms with Gasteiger partial charge in [0.1, 0.15) is 12.6 Å². The predicted octanol–water partition coefficient (Wildman–Crippen LogP) is 4.13. The maximum absolute atomic E-state index is 13.5. The van der Waals surface area contributed by atoms with Gasteiger partial charge in [0.05, 0.1) is 11.9 Å². The Morgan fingerprint density at radius 3 is 2.12 bits per heavy atom. The van der Waals surface area contributed by atoms with Gasteiger partial charge in [0, 0.05) is 22.6 Å². The van der Waals surface area contributed by atoms with Crippen molar-refractivity contribution >= 4 is 50.7 Å². The second-order valence-corrected chi connectivity index (χ2v) is 11.1. The van der Waals surface area contributed by atoms with Crippen LogP contribution in [-0.2, 0) is 26.0 Å². The number of benzene rings is 2. The molecule has 0 saturated carbocycles. The molecule has 0 fully saturated rings. The number of nitrogens with zero attached hydrogens (tertiary/aromatic N) is 2. The van der Waals surface area contributed by atoms with E-state index in [0.717, 1.165) is 16.1 Å². The zero-order valence-electron chi connectivity index (χ0n) is 19.8. The lowest BCUT2D eigenvalue weighted by molar-refractivity contribution is -0.139. The van der Waals surface area contributed by atoms with Crippen molar-refractivity contribution in [2.24, 2.45) is 0 Å². The van der Waals surface area contributed by atoms with Crippen LogP contribution in [0.15, 0.2) is 48.5 Å². The summed E-state index contributed by atoms with van der Waals surface area (Å²) in [6.07, 6.45) is 1.90. The maximum atomic E-state index is 13.5. The number of hydrogen-bond donors (Lipinski definition) is 1. The van der Waals surface area contributed by atoms with Crippen LogP contribution >= 0.6 is 23.2 Å². The topological polar surface area (TPSA) is 86.8 Å². The zero-order valence-corrected chi connectivity index (χ0v) is 22.1. The van der Waals surface area contributed by atoms with E-state index in [1.165, 1.54) is 23.1 Å². The van der Waals surface area contributed by atoms with Crippen LogP contribution in [-0.4, -0.2) is 56.6 Å². The van der Waals surface area contributed by atoms with Crippen molar-refractivity contribution < 1.29 is 18.0 Å². The third kappa shape index (κ3) is 8.18. The van der Waals surface area contributed by atoms with Gasteiger partial charge in [-0.1, -0.05) is 60.5 Å². The Hall–Kier alpha value is -2.29. The summed E-state index contributed by atoms with van der Waals surface area (Å²) in [6, 6.07) is 13.1. The minimum absolute atomic E-state index is 0.103. The molecule has 0 heterocycles. The first-order valence-corrected chi connectivity index (χ1v) is 13.6. The molecule has 7 nitrogen and oxygen atoms in total. The Bertz CT molecular complexity index is 1070. The van der Waals surface area contributed by atoms with E-state index in [4.69, 9.17) is 23.2 Å². The van der Waals surface area contributed by atoms with Crippen molar-refractivity contribution in [2.45, 2.75) is 45.7 Å². The van der Waals surface area contributed by atoms with Gasteiger partial charge < -0.3 is 10.2 Å². The minimum atomic E-state index is -3.85. The largest absolute Gasteiger partial charge is 0.352 e. The molecule has 0 saturated heterocycles. The highest BCUT2D eigenvalue weighted by molar-refractivity contribution is 7.92. The lowest BCUT2D eigenvalue weighted by atomic mass is 10.1. The smallest absolute Gasteiger partial charge is 0.244 e. The highest BCUT2D eigenvalue weighted by Gasteiger charge is 2.31. The van der Waals surface area contributed by atoms with Crippen molar-refractivity contribution in [3.8, 4) is 0 Å². The molecule has 0 bridgehead atoms. The quantitative estimate of drug-likeness (QED) is 0.475. The first-order valence-electron chi connectivity index (χ1n) is 11.0. The molecule has 0 aliphatic rings. The molecule has 2 amide bonds. The Balaban J connectivity index is 2.39. The molecular weight excluding hydrogens is 497 g/mol. The Labute approximate surface area is 212 Å². The van der Waals surface area contributed by atoms with Gasteiger partial charge >= 0.3 is 0 Å². The Morgan fingerprint density at radius 2 is 1.62 bits per heavy atom.